The van der Waals surface area contributed by atoms with E-state index in [0.29, 0.717) is 0 Å². The van der Waals surface area contributed by atoms with E-state index < -0.39 is 0 Å². The first-order valence-electron chi connectivity index (χ1n) is 13.0. The molecule has 0 aliphatic carbocycles. The monoisotopic (exact) mass is 687 g/mol. The number of rotatable bonds is 2. The van der Waals surface area contributed by atoms with Gasteiger partial charge in [0.05, 0.1) is 0 Å². The Morgan fingerprint density at radius 3 is 1.05 bits per heavy atom. The Morgan fingerprint density at radius 2 is 0.744 bits per heavy atom. The molecule has 0 saturated carbocycles. The van der Waals surface area contributed by atoms with Crippen molar-refractivity contribution in [3.63, 3.8) is 0 Å². The Kier molecular flexibility index (Phi) is 7.30. The zero-order valence-electron chi connectivity index (χ0n) is 21.5. The topological polar surface area (TPSA) is 13.0 Å². The maximum absolute atomic E-state index is 3.70. The number of nitrogens with zero attached hydrogens (tertiary/aromatic N) is 4. The van der Waals surface area contributed by atoms with Gasteiger partial charge in [0.2, 0.25) is 0 Å². The van der Waals surface area contributed by atoms with E-state index in [1.54, 1.807) is 0 Å². The van der Waals surface area contributed by atoms with Crippen molar-refractivity contribution in [2.24, 2.45) is 0 Å². The summed E-state index contributed by atoms with van der Waals surface area (Å²) < 4.78 is 0. The zero-order chi connectivity index (χ0) is 25.3. The van der Waals surface area contributed by atoms with E-state index in [2.05, 4.69) is 155 Å². The zero-order valence-corrected chi connectivity index (χ0v) is 23.8. The van der Waals surface area contributed by atoms with Crippen LogP contribution < -0.4 is 0 Å². The first kappa shape index (κ1) is 25.5. The fourth-order valence-corrected chi connectivity index (χ4v) is 5.36. The molecule has 3 aliphatic heterocycles. The third kappa shape index (κ3) is 5.82. The van der Waals surface area contributed by atoms with Crippen molar-refractivity contribution in [1.29, 1.82) is 0 Å². The van der Waals surface area contributed by atoms with Crippen LogP contribution in [0.25, 0.3) is 22.3 Å². The van der Waals surface area contributed by atoms with Crippen LogP contribution in [0.15, 0.2) is 110 Å². The molecule has 0 aromatic heterocycles. The Hall–Kier alpha value is -3.75. The normalized spacial score (nSPS) is 16.0. The van der Waals surface area contributed by atoms with Gasteiger partial charge in [-0.1, -0.05) is 60.7 Å². The predicted molar refractivity (Wildman–Crippen MR) is 150 cm³/mol. The van der Waals surface area contributed by atoms with E-state index in [-0.39, 0.29) is 21.1 Å². The Bertz CT molecular complexity index is 1320. The van der Waals surface area contributed by atoms with Gasteiger partial charge in [0.15, 0.2) is 0 Å². The van der Waals surface area contributed by atoms with Gasteiger partial charge in [0.25, 0.3) is 0 Å². The minimum Gasteiger partial charge on any atom is -0.506 e. The van der Waals surface area contributed by atoms with E-state index in [1.807, 2.05) is 0 Å². The largest absolute Gasteiger partial charge is 4.00 e. The molecule has 0 amide bonds. The molecule has 4 aromatic carbocycles. The Morgan fingerprint density at radius 1 is 0.436 bits per heavy atom. The SMILES string of the molecule is [Pt+4].[c-]1c2cc(-c3ccccc3)cc1CN1C=CN([CH-]1)Cc1[c-]c(cc(-c3ccccc3)c1)CN1C=CN([CH-]1)C2. The molecule has 0 N–H and O–H groups in total. The molecule has 194 valence electrons. The smallest absolute Gasteiger partial charge is 0.506 e. The summed E-state index contributed by atoms with van der Waals surface area (Å²) in [6, 6.07) is 37.7. The molecule has 3 heterocycles. The molecule has 0 unspecified atom stereocenters. The van der Waals surface area contributed by atoms with E-state index >= 15 is 0 Å². The first-order chi connectivity index (χ1) is 18.7. The van der Waals surface area contributed by atoms with Gasteiger partial charge in [-0.25, -0.2) is 0 Å². The van der Waals surface area contributed by atoms with Crippen LogP contribution in [0.2, 0.25) is 0 Å². The number of hydrogen-bond donors (Lipinski definition) is 0. The molecule has 39 heavy (non-hydrogen) atoms. The summed E-state index contributed by atoms with van der Waals surface area (Å²) in [5, 5.41) is 0. The van der Waals surface area contributed by atoms with Gasteiger partial charge in [-0.3, -0.25) is 0 Å². The van der Waals surface area contributed by atoms with Gasteiger partial charge in [-0.05, 0) is 62.1 Å². The Labute approximate surface area is 245 Å². The van der Waals surface area contributed by atoms with Crippen molar-refractivity contribution in [2.75, 3.05) is 0 Å². The molecule has 0 saturated heterocycles. The van der Waals surface area contributed by atoms with Crippen molar-refractivity contribution in [3.05, 3.63) is 157 Å². The number of fused-ring (bicyclic) bond motifs is 8. The summed E-state index contributed by atoms with van der Waals surface area (Å²) in [5.41, 5.74) is 9.63. The van der Waals surface area contributed by atoms with Crippen molar-refractivity contribution in [2.45, 2.75) is 26.2 Å². The molecule has 7 rings (SSSR count). The van der Waals surface area contributed by atoms with Crippen molar-refractivity contribution in [3.8, 4) is 22.3 Å². The molecule has 5 heteroatoms. The third-order valence-electron chi connectivity index (χ3n) is 7.08. The van der Waals surface area contributed by atoms with Crippen LogP contribution in [-0.4, -0.2) is 19.6 Å². The van der Waals surface area contributed by atoms with Gasteiger partial charge in [-0.15, -0.1) is 33.4 Å². The van der Waals surface area contributed by atoms with E-state index in [9.17, 15) is 0 Å². The molecule has 0 radical (unpaired) electrons. The standard InChI is InChI=1S/C34H28N4.Pt/c1-3-7-31(8-4-1)33-17-27-15-28(18-33)22-36-12-14-38(26-36)24-30-16-29(23-37-13-11-35(21-27)25-37)19-34(20-30)32-9-5-2-6-10-32;/h1-14,17-20,25-26H,21-24H2;/q-4;+4. The molecule has 0 atom stereocenters. The average molecular weight is 688 g/mol. The van der Waals surface area contributed by atoms with Crippen LogP contribution in [0.4, 0.5) is 0 Å². The summed E-state index contributed by atoms with van der Waals surface area (Å²) in [6.45, 7) is 7.44. The molecule has 0 spiro atoms. The van der Waals surface area contributed by atoms with Crippen molar-refractivity contribution >= 4 is 0 Å². The van der Waals surface area contributed by atoms with Crippen LogP contribution in [0.3, 0.4) is 0 Å². The Balaban J connectivity index is 0.00000277. The van der Waals surface area contributed by atoms with Crippen LogP contribution >= 0.6 is 0 Å². The van der Waals surface area contributed by atoms with Crippen LogP contribution in [0.1, 0.15) is 22.3 Å². The first-order valence-corrected chi connectivity index (χ1v) is 13.0. The van der Waals surface area contributed by atoms with Crippen molar-refractivity contribution < 1.29 is 21.1 Å². The second-order valence-corrected chi connectivity index (χ2v) is 10.1. The summed E-state index contributed by atoms with van der Waals surface area (Å²) >= 11 is 0. The van der Waals surface area contributed by atoms with Crippen LogP contribution in [0.5, 0.6) is 0 Å². The summed E-state index contributed by atoms with van der Waals surface area (Å²) in [5.74, 6) is 0. The van der Waals surface area contributed by atoms with E-state index in [0.717, 1.165) is 26.2 Å². The maximum atomic E-state index is 3.70. The molecular formula is C34H28N4Pt. The number of benzene rings is 4. The van der Waals surface area contributed by atoms with Gasteiger partial charge in [0, 0.05) is 0 Å². The molecular weight excluding hydrogens is 659 g/mol. The third-order valence-corrected chi connectivity index (χ3v) is 7.08. The van der Waals surface area contributed by atoms with E-state index in [4.69, 9.17) is 0 Å². The minimum absolute atomic E-state index is 0. The summed E-state index contributed by atoms with van der Waals surface area (Å²) in [6.07, 6.45) is 8.60. The van der Waals surface area contributed by atoms with Gasteiger partial charge in [0.1, 0.15) is 0 Å². The average Bonchev–Trinajstić information content (AvgIpc) is 3.57. The molecule has 3 aliphatic rings. The van der Waals surface area contributed by atoms with Gasteiger partial charge in [-0.2, -0.15) is 49.7 Å². The fourth-order valence-electron chi connectivity index (χ4n) is 5.36. The maximum Gasteiger partial charge on any atom is 4.00 e. The van der Waals surface area contributed by atoms with Crippen LogP contribution in [-0.2, 0) is 47.2 Å². The van der Waals surface area contributed by atoms with E-state index in [1.165, 1.54) is 44.5 Å². The summed E-state index contributed by atoms with van der Waals surface area (Å²) in [7, 11) is 0. The summed E-state index contributed by atoms with van der Waals surface area (Å²) in [4.78, 5) is 8.95. The predicted octanol–water partition coefficient (Wildman–Crippen LogP) is 6.75. The van der Waals surface area contributed by atoms with Crippen LogP contribution in [0, 0.1) is 25.5 Å². The molecule has 4 aromatic rings. The molecule has 4 nitrogen and oxygen atoms in total. The molecule has 8 bridgehead atoms. The number of hydrogen-bond acceptors (Lipinski definition) is 4. The molecule has 0 fully saturated rings. The van der Waals surface area contributed by atoms with Gasteiger partial charge >= 0.3 is 21.1 Å². The fraction of sp³-hybridized carbons (Fsp3) is 0.118. The second kappa shape index (κ2) is 11.2. The second-order valence-electron chi connectivity index (χ2n) is 10.1. The van der Waals surface area contributed by atoms with Gasteiger partial charge < -0.3 is 19.6 Å². The quantitative estimate of drug-likeness (QED) is 0.217. The minimum atomic E-state index is 0. The van der Waals surface area contributed by atoms with Crippen molar-refractivity contribution in [1.82, 2.24) is 19.6 Å².